The van der Waals surface area contributed by atoms with Crippen LogP contribution in [0, 0.1) is 0 Å². The number of aryl methyl sites for hydroxylation is 1. The summed E-state index contributed by atoms with van der Waals surface area (Å²) in [5.41, 5.74) is 0.850. The summed E-state index contributed by atoms with van der Waals surface area (Å²) in [6.45, 7) is 3.61. The minimum absolute atomic E-state index is 0.514. The lowest BCUT2D eigenvalue weighted by Crippen LogP contribution is -2.30. The highest BCUT2D eigenvalue weighted by atomic mass is 14.9. The van der Waals surface area contributed by atoms with Gasteiger partial charge in [0.1, 0.15) is 7.05 Å². The van der Waals surface area contributed by atoms with Crippen LogP contribution in [0.4, 0.5) is 0 Å². The van der Waals surface area contributed by atoms with Crippen LogP contribution in [0.2, 0.25) is 0 Å². The second-order valence-electron chi connectivity index (χ2n) is 1.85. The molecule has 1 heteroatoms. The van der Waals surface area contributed by atoms with E-state index in [-0.39, 0.29) is 0 Å². The van der Waals surface area contributed by atoms with E-state index >= 15 is 0 Å². The largest absolute Gasteiger partial charge is 0.204 e. The van der Waals surface area contributed by atoms with E-state index in [1.807, 2.05) is 23.9 Å². The minimum atomic E-state index is 0.514. The molecule has 0 saturated heterocycles. The van der Waals surface area contributed by atoms with Crippen molar-refractivity contribution in [2.75, 3.05) is 0 Å². The Morgan fingerprint density at radius 1 is 1.78 bits per heavy atom. The standard InChI is InChI=1S/C8H10N/c1-3-8-6-4-5-7-9(8)2/h3-7H,1H2,2H3/q+1/i6D. The molecule has 1 aromatic heterocycles. The molecular formula is C8H10N+. The van der Waals surface area contributed by atoms with E-state index in [0.29, 0.717) is 6.04 Å². The van der Waals surface area contributed by atoms with Crippen molar-refractivity contribution in [3.8, 4) is 0 Å². The van der Waals surface area contributed by atoms with E-state index in [1.54, 1.807) is 12.1 Å². The Hall–Kier alpha value is -1.11. The second-order valence-corrected chi connectivity index (χ2v) is 1.85. The number of nitrogens with zero attached hydrogens (tertiary/aromatic N) is 1. The number of aromatic nitrogens is 1. The second kappa shape index (κ2) is 2.44. The molecule has 0 aliphatic rings. The summed E-state index contributed by atoms with van der Waals surface area (Å²) in [7, 11) is 1.90. The van der Waals surface area contributed by atoms with E-state index in [4.69, 9.17) is 1.37 Å². The van der Waals surface area contributed by atoms with Crippen LogP contribution in [-0.2, 0) is 7.05 Å². The van der Waals surface area contributed by atoms with Gasteiger partial charge in [-0.2, -0.15) is 0 Å². The van der Waals surface area contributed by atoms with Crippen molar-refractivity contribution in [3.05, 3.63) is 36.6 Å². The highest BCUT2D eigenvalue weighted by Gasteiger charge is 1.94. The summed E-state index contributed by atoms with van der Waals surface area (Å²) < 4.78 is 9.29. The molecule has 0 saturated carbocycles. The van der Waals surface area contributed by atoms with Crippen molar-refractivity contribution in [1.29, 1.82) is 0 Å². The Balaban J connectivity index is 3.30. The number of hydrogen-bond acceptors (Lipinski definition) is 0. The lowest BCUT2D eigenvalue weighted by molar-refractivity contribution is -0.673. The van der Waals surface area contributed by atoms with Gasteiger partial charge in [-0.15, -0.1) is 0 Å². The van der Waals surface area contributed by atoms with Crippen LogP contribution in [0.1, 0.15) is 7.06 Å². The Bertz CT molecular complexity index is 235. The molecule has 1 nitrogen and oxygen atoms in total. The molecule has 9 heavy (non-hydrogen) atoms. The molecule has 0 N–H and O–H groups in total. The molecule has 1 rings (SSSR count). The van der Waals surface area contributed by atoms with Gasteiger partial charge in [0.15, 0.2) is 6.20 Å². The fourth-order valence-corrected chi connectivity index (χ4v) is 0.691. The first-order chi connectivity index (χ1) is 4.75. The van der Waals surface area contributed by atoms with E-state index < -0.39 is 0 Å². The zero-order valence-corrected chi connectivity index (χ0v) is 5.46. The first-order valence-corrected chi connectivity index (χ1v) is 2.83. The molecule has 1 aromatic rings. The molecule has 0 aromatic carbocycles. The van der Waals surface area contributed by atoms with E-state index in [1.165, 1.54) is 0 Å². The Morgan fingerprint density at radius 3 is 3.00 bits per heavy atom. The van der Waals surface area contributed by atoms with Crippen LogP contribution < -0.4 is 4.57 Å². The maximum atomic E-state index is 7.42. The molecule has 0 atom stereocenters. The summed E-state index contributed by atoms with van der Waals surface area (Å²) in [6.07, 6.45) is 3.58. The van der Waals surface area contributed by atoms with Crippen LogP contribution >= 0.6 is 0 Å². The minimum Gasteiger partial charge on any atom is -0.202 e. The molecule has 1 heterocycles. The summed E-state index contributed by atoms with van der Waals surface area (Å²) in [4.78, 5) is 0. The van der Waals surface area contributed by atoms with E-state index in [9.17, 15) is 0 Å². The van der Waals surface area contributed by atoms with Gasteiger partial charge in [-0.3, -0.25) is 0 Å². The normalized spacial score (nSPS) is 10.6. The quantitative estimate of drug-likeness (QED) is 0.491. The van der Waals surface area contributed by atoms with Gasteiger partial charge in [0.25, 0.3) is 0 Å². The number of hydrogen-bond donors (Lipinski definition) is 0. The molecule has 0 unspecified atom stereocenters. The summed E-state index contributed by atoms with van der Waals surface area (Å²) in [5.74, 6) is 0. The predicted octanol–water partition coefficient (Wildman–Crippen LogP) is 1.15. The highest BCUT2D eigenvalue weighted by molar-refractivity contribution is 5.36. The van der Waals surface area contributed by atoms with Crippen molar-refractivity contribution in [2.24, 2.45) is 7.05 Å². The summed E-state index contributed by atoms with van der Waals surface area (Å²) in [5, 5.41) is 0. The van der Waals surface area contributed by atoms with Crippen molar-refractivity contribution in [3.63, 3.8) is 0 Å². The smallest absolute Gasteiger partial charge is 0.202 e. The fourth-order valence-electron chi connectivity index (χ4n) is 0.691. The predicted molar refractivity (Wildman–Crippen MR) is 37.7 cm³/mol. The van der Waals surface area contributed by atoms with Crippen LogP contribution in [0.15, 0.2) is 31.0 Å². The molecule has 0 amide bonds. The lowest BCUT2D eigenvalue weighted by Gasteiger charge is -1.88. The van der Waals surface area contributed by atoms with Crippen molar-refractivity contribution >= 4 is 6.08 Å². The van der Waals surface area contributed by atoms with Crippen molar-refractivity contribution in [2.45, 2.75) is 0 Å². The Morgan fingerprint density at radius 2 is 2.56 bits per heavy atom. The molecule has 0 fully saturated rings. The molecule has 0 aliphatic carbocycles. The van der Waals surface area contributed by atoms with Crippen LogP contribution in [0.5, 0.6) is 0 Å². The monoisotopic (exact) mass is 121 g/mol. The van der Waals surface area contributed by atoms with Gasteiger partial charge in [0.2, 0.25) is 5.69 Å². The van der Waals surface area contributed by atoms with Gasteiger partial charge < -0.3 is 0 Å². The van der Waals surface area contributed by atoms with Crippen LogP contribution in [0.3, 0.4) is 0 Å². The topological polar surface area (TPSA) is 3.88 Å². The Kier molecular flexibility index (Phi) is 1.29. The third kappa shape index (κ3) is 1.17. The lowest BCUT2D eigenvalue weighted by atomic mass is 10.3. The number of pyridine rings is 1. The first-order valence-electron chi connectivity index (χ1n) is 3.33. The van der Waals surface area contributed by atoms with Gasteiger partial charge in [0, 0.05) is 18.2 Å². The first kappa shape index (κ1) is 4.74. The molecule has 0 bridgehead atoms. The highest BCUT2D eigenvalue weighted by Crippen LogP contribution is 1.89. The van der Waals surface area contributed by atoms with Crippen LogP contribution in [0.25, 0.3) is 6.08 Å². The van der Waals surface area contributed by atoms with Gasteiger partial charge in [-0.1, -0.05) is 6.58 Å². The van der Waals surface area contributed by atoms with Gasteiger partial charge in [-0.25, -0.2) is 4.57 Å². The average Bonchev–Trinajstić information content (AvgIpc) is 1.88. The summed E-state index contributed by atoms with van der Waals surface area (Å²) in [6, 6.07) is 4.10. The number of rotatable bonds is 1. The van der Waals surface area contributed by atoms with Gasteiger partial charge in [0.05, 0.1) is 1.37 Å². The third-order valence-corrected chi connectivity index (χ3v) is 1.21. The maximum absolute atomic E-state index is 7.42. The van der Waals surface area contributed by atoms with Gasteiger partial charge >= 0.3 is 0 Å². The Labute approximate surface area is 56.7 Å². The van der Waals surface area contributed by atoms with Gasteiger partial charge in [-0.05, 0) is 6.07 Å². The SMILES string of the molecule is [2H]c1ccc[n+](C)c1C=C. The third-order valence-electron chi connectivity index (χ3n) is 1.21. The molecule has 0 spiro atoms. The van der Waals surface area contributed by atoms with E-state index in [0.717, 1.165) is 5.69 Å². The average molecular weight is 121 g/mol. The molecule has 0 aliphatic heterocycles. The molecule has 46 valence electrons. The van der Waals surface area contributed by atoms with E-state index in [2.05, 4.69) is 6.58 Å². The fraction of sp³-hybridized carbons (Fsp3) is 0.125. The van der Waals surface area contributed by atoms with Crippen molar-refractivity contribution < 1.29 is 5.94 Å². The zero-order valence-electron chi connectivity index (χ0n) is 6.46. The molecule has 0 radical (unpaired) electrons. The van der Waals surface area contributed by atoms with Crippen molar-refractivity contribution in [1.82, 2.24) is 0 Å². The van der Waals surface area contributed by atoms with Crippen LogP contribution in [-0.4, -0.2) is 0 Å². The maximum Gasteiger partial charge on any atom is 0.204 e. The summed E-state index contributed by atoms with van der Waals surface area (Å²) >= 11 is 0. The zero-order chi connectivity index (χ0) is 7.56. The molecular weight excluding hydrogens is 110 g/mol.